The number of rotatable bonds is 45. The summed E-state index contributed by atoms with van der Waals surface area (Å²) in [5, 5.41) is 8.88. The number of fused-ring (bicyclic) bond motifs is 6. The maximum absolute atomic E-state index is 4.07. The smallest absolute Gasteiger partial charge is 0.0215 e. The van der Waals surface area contributed by atoms with Gasteiger partial charge in [-0.3, -0.25) is 0 Å². The molecule has 0 saturated heterocycles. The van der Waals surface area contributed by atoms with Crippen molar-refractivity contribution < 1.29 is 0 Å². The summed E-state index contributed by atoms with van der Waals surface area (Å²) < 4.78 is 0. The van der Waals surface area contributed by atoms with Crippen molar-refractivity contribution in [2.24, 2.45) is 0 Å². The lowest BCUT2D eigenvalue weighted by Crippen LogP contribution is -1.94. The summed E-state index contributed by atoms with van der Waals surface area (Å²) in [5.74, 6) is 7.23. The normalized spacial score (nSPS) is 11.8. The Kier molecular flexibility index (Phi) is 35.3. The van der Waals surface area contributed by atoms with E-state index in [0.29, 0.717) is 0 Å². The fourth-order valence-electron chi connectivity index (χ4n) is 9.43. The van der Waals surface area contributed by atoms with Gasteiger partial charge in [-0.1, -0.05) is 201 Å². The largest absolute Gasteiger partial charge is 0.125 e. The standard InChI is InChI=1S/C63H100S6/c1-7-13-19-24-29-35-41-65-59-47-53-52(46-58(59)64-40-34-18-12-6)54-48-60(66-42-36-30-25-20-14-8-2)62(68-44-38-32-27-22-16-10-4)50-56(54)57-51-63(69-45-39-33-28-23-17-11-5)61(49-55(53)57)67-43-37-31-26-21-15-9-3/h12,46-51H,6-11,13-45H2,1-5H3. The van der Waals surface area contributed by atoms with Gasteiger partial charge in [0.2, 0.25) is 0 Å². The average molecular weight is 1050 g/mol. The summed E-state index contributed by atoms with van der Waals surface area (Å²) in [6.45, 7) is 15.7. The molecule has 0 unspecified atom stereocenters. The lowest BCUT2D eigenvalue weighted by Gasteiger charge is -2.20. The summed E-state index contributed by atoms with van der Waals surface area (Å²) >= 11 is 12.9. The minimum Gasteiger partial charge on any atom is -0.125 e. The van der Waals surface area contributed by atoms with E-state index in [-0.39, 0.29) is 0 Å². The summed E-state index contributed by atoms with van der Waals surface area (Å²) in [4.78, 5) is 9.11. The van der Waals surface area contributed by atoms with Crippen molar-refractivity contribution in [2.45, 2.75) is 269 Å². The van der Waals surface area contributed by atoms with Crippen LogP contribution in [0.2, 0.25) is 0 Å². The van der Waals surface area contributed by atoms with Crippen LogP contribution in [0.4, 0.5) is 0 Å². The Morgan fingerprint density at radius 3 is 0.623 bits per heavy atom. The number of thioether (sulfide) groups is 6. The molecule has 0 saturated carbocycles. The topological polar surface area (TPSA) is 0 Å². The first kappa shape index (κ1) is 61.1. The molecular weight excluding hydrogens is 949 g/mol. The monoisotopic (exact) mass is 1050 g/mol. The zero-order chi connectivity index (χ0) is 49.0. The van der Waals surface area contributed by atoms with Gasteiger partial charge in [0.25, 0.3) is 0 Å². The van der Waals surface area contributed by atoms with Crippen LogP contribution in [0.15, 0.2) is 78.4 Å². The van der Waals surface area contributed by atoms with E-state index in [4.69, 9.17) is 0 Å². The lowest BCUT2D eigenvalue weighted by molar-refractivity contribution is 0.626. The first-order valence-electron chi connectivity index (χ1n) is 29.0. The van der Waals surface area contributed by atoms with Gasteiger partial charge in [0.15, 0.2) is 0 Å². The lowest BCUT2D eigenvalue weighted by atomic mass is 9.94. The van der Waals surface area contributed by atoms with E-state index in [9.17, 15) is 0 Å². The molecule has 69 heavy (non-hydrogen) atoms. The van der Waals surface area contributed by atoms with Crippen LogP contribution in [0.1, 0.15) is 240 Å². The molecule has 0 aromatic heterocycles. The van der Waals surface area contributed by atoms with Crippen molar-refractivity contribution in [3.05, 3.63) is 49.1 Å². The van der Waals surface area contributed by atoms with E-state index >= 15 is 0 Å². The molecule has 0 aliphatic rings. The Balaban J connectivity index is 1.88. The Bertz CT molecular complexity index is 1900. The van der Waals surface area contributed by atoms with E-state index in [1.54, 1.807) is 0 Å². The highest BCUT2D eigenvalue weighted by atomic mass is 32.2. The Labute approximate surface area is 452 Å². The zero-order valence-electron chi connectivity index (χ0n) is 45.1. The third-order valence-electron chi connectivity index (χ3n) is 13.7. The summed E-state index contributed by atoms with van der Waals surface area (Å²) in [5.41, 5.74) is 0. The molecule has 0 bridgehead atoms. The predicted octanol–water partition coefficient (Wildman–Crippen LogP) is 24.5. The van der Waals surface area contributed by atoms with E-state index in [0.717, 1.165) is 12.2 Å². The molecule has 0 fully saturated rings. The van der Waals surface area contributed by atoms with Crippen molar-refractivity contribution in [1.29, 1.82) is 0 Å². The maximum Gasteiger partial charge on any atom is 0.0215 e. The minimum absolute atomic E-state index is 1.09. The Morgan fingerprint density at radius 1 is 0.261 bits per heavy atom. The number of allylic oxidation sites excluding steroid dienone is 1. The van der Waals surface area contributed by atoms with Crippen molar-refractivity contribution >= 4 is 103 Å². The molecule has 0 N–H and O–H groups in total. The Hall–Kier alpha value is -0.500. The van der Waals surface area contributed by atoms with Crippen molar-refractivity contribution in [1.82, 2.24) is 0 Å². The van der Waals surface area contributed by atoms with Crippen LogP contribution >= 0.6 is 70.6 Å². The van der Waals surface area contributed by atoms with Gasteiger partial charge in [-0.05, 0) is 148 Å². The molecule has 4 rings (SSSR count). The third-order valence-corrected chi connectivity index (χ3v) is 20.9. The summed E-state index contributed by atoms with van der Waals surface area (Å²) in [6.07, 6.45) is 45.1. The van der Waals surface area contributed by atoms with Crippen LogP contribution in [-0.2, 0) is 0 Å². The van der Waals surface area contributed by atoms with E-state index in [2.05, 4.69) is 154 Å². The van der Waals surface area contributed by atoms with Gasteiger partial charge in [-0.15, -0.1) is 77.2 Å². The molecule has 0 atom stereocenters. The molecule has 388 valence electrons. The molecule has 0 aliphatic carbocycles. The second-order valence-corrected chi connectivity index (χ2v) is 26.7. The van der Waals surface area contributed by atoms with Gasteiger partial charge in [-0.2, -0.15) is 0 Å². The van der Waals surface area contributed by atoms with Crippen LogP contribution in [0, 0.1) is 0 Å². The van der Waals surface area contributed by atoms with Crippen molar-refractivity contribution in [3.63, 3.8) is 0 Å². The molecule has 0 spiro atoms. The van der Waals surface area contributed by atoms with Gasteiger partial charge < -0.3 is 0 Å². The molecular formula is C63H100S6. The van der Waals surface area contributed by atoms with Crippen molar-refractivity contribution in [3.8, 4) is 0 Å². The van der Waals surface area contributed by atoms with Gasteiger partial charge in [0, 0.05) is 29.4 Å². The number of hydrogen-bond acceptors (Lipinski definition) is 6. The van der Waals surface area contributed by atoms with Gasteiger partial charge in [0.05, 0.1) is 0 Å². The van der Waals surface area contributed by atoms with E-state index < -0.39 is 0 Å². The summed E-state index contributed by atoms with van der Waals surface area (Å²) in [6, 6.07) is 16.1. The van der Waals surface area contributed by atoms with Gasteiger partial charge in [-0.25, -0.2) is 0 Å². The van der Waals surface area contributed by atoms with Crippen LogP contribution in [0.3, 0.4) is 0 Å². The van der Waals surface area contributed by atoms with E-state index in [1.165, 1.54) is 289 Å². The fourth-order valence-corrected chi connectivity index (χ4v) is 16.3. The first-order valence-corrected chi connectivity index (χ1v) is 34.9. The number of hydrogen-bond donors (Lipinski definition) is 0. The number of unbranched alkanes of at least 4 members (excludes halogenated alkanes) is 26. The highest BCUT2D eigenvalue weighted by Crippen LogP contribution is 2.47. The average Bonchev–Trinajstić information content (AvgIpc) is 3.36. The molecule has 0 heterocycles. The quantitative estimate of drug-likeness (QED) is 0.0186. The van der Waals surface area contributed by atoms with Crippen LogP contribution in [-0.4, -0.2) is 34.5 Å². The highest BCUT2D eigenvalue weighted by Gasteiger charge is 2.19. The summed E-state index contributed by atoms with van der Waals surface area (Å²) in [7, 11) is 0. The molecule has 4 aromatic rings. The van der Waals surface area contributed by atoms with Crippen LogP contribution < -0.4 is 0 Å². The molecule has 4 aromatic carbocycles. The van der Waals surface area contributed by atoms with E-state index in [1.807, 2.05) is 0 Å². The Morgan fingerprint density at radius 2 is 0.435 bits per heavy atom. The highest BCUT2D eigenvalue weighted by molar-refractivity contribution is 8.03. The maximum atomic E-state index is 4.07. The van der Waals surface area contributed by atoms with Crippen molar-refractivity contribution in [2.75, 3.05) is 34.5 Å². The van der Waals surface area contributed by atoms with Gasteiger partial charge >= 0.3 is 0 Å². The molecule has 0 radical (unpaired) electrons. The molecule has 0 nitrogen and oxygen atoms in total. The van der Waals surface area contributed by atoms with Crippen LogP contribution in [0.25, 0.3) is 32.3 Å². The third kappa shape index (κ3) is 23.7. The second kappa shape index (κ2) is 39.9. The van der Waals surface area contributed by atoms with Gasteiger partial charge in [0.1, 0.15) is 0 Å². The SMILES string of the molecule is C=CCCCSc1cc2c(cc1SCCCCCCCC)c1cc(SCCCCCCCC)c(SCCCCCCCC)cc1c1cc(SCCCCCCCC)c(SCCCCCCCC)cc21. The minimum atomic E-state index is 1.09. The molecule has 0 aliphatic heterocycles. The fraction of sp³-hybridized carbons (Fsp3) is 0.683. The second-order valence-electron chi connectivity index (χ2n) is 19.9. The predicted molar refractivity (Wildman–Crippen MR) is 330 cm³/mol. The molecule has 6 heteroatoms. The first-order chi connectivity index (χ1) is 34.1. The number of benzene rings is 4. The molecule has 0 amide bonds. The zero-order valence-corrected chi connectivity index (χ0v) is 50.0. The van der Waals surface area contributed by atoms with Crippen LogP contribution in [0.5, 0.6) is 0 Å².